The summed E-state index contributed by atoms with van der Waals surface area (Å²) in [6, 6.07) is 4.16. The number of hydrogen-bond acceptors (Lipinski definition) is 6. The molecule has 1 saturated carbocycles. The maximum absolute atomic E-state index is 11.4. The van der Waals surface area contributed by atoms with Gasteiger partial charge in [-0.3, -0.25) is 0 Å². The first kappa shape index (κ1) is 14.2. The topological polar surface area (TPSA) is 73.1 Å². The highest BCUT2D eigenvalue weighted by Gasteiger charge is 2.45. The van der Waals surface area contributed by atoms with Crippen LogP contribution in [0.1, 0.15) is 28.3 Å². The molecule has 120 valence electrons. The van der Waals surface area contributed by atoms with Gasteiger partial charge in [-0.15, -0.1) is 5.10 Å². The molecule has 2 aromatic rings. The second kappa shape index (κ2) is 5.33. The van der Waals surface area contributed by atoms with E-state index in [-0.39, 0.29) is 5.82 Å². The molecule has 0 N–H and O–H groups in total. The first-order chi connectivity index (χ1) is 11.1. The number of carbonyl (C=O) groups is 1. The molecule has 2 aromatic heterocycles. The van der Waals surface area contributed by atoms with Crippen LogP contribution in [0.25, 0.3) is 0 Å². The fourth-order valence-corrected chi connectivity index (χ4v) is 3.24. The largest absolute Gasteiger partial charge is 0.463 e. The molecular weight excluding hydrogens is 294 g/mol. The van der Waals surface area contributed by atoms with Gasteiger partial charge in [-0.1, -0.05) is 6.07 Å². The monoisotopic (exact) mass is 313 g/mol. The summed E-state index contributed by atoms with van der Waals surface area (Å²) in [4.78, 5) is 22.5. The van der Waals surface area contributed by atoms with Gasteiger partial charge in [0, 0.05) is 18.8 Å². The Morgan fingerprint density at radius 3 is 2.83 bits per heavy atom. The van der Waals surface area contributed by atoms with Crippen molar-refractivity contribution in [2.75, 3.05) is 25.1 Å². The first-order valence-corrected chi connectivity index (χ1v) is 7.83. The number of nitrogens with zero attached hydrogens (tertiary/aromatic N) is 5. The second-order valence-electron chi connectivity index (χ2n) is 6.33. The van der Waals surface area contributed by atoms with Crippen LogP contribution in [0, 0.1) is 18.8 Å². The van der Waals surface area contributed by atoms with Crippen LogP contribution < -0.4 is 4.90 Å². The van der Waals surface area contributed by atoms with E-state index in [1.807, 2.05) is 6.92 Å². The first-order valence-electron chi connectivity index (χ1n) is 7.83. The number of pyridine rings is 1. The normalized spacial score (nSPS) is 22.1. The van der Waals surface area contributed by atoms with E-state index in [4.69, 9.17) is 4.98 Å². The van der Waals surface area contributed by atoms with Gasteiger partial charge >= 0.3 is 5.97 Å². The number of fused-ring (bicyclic) bond motifs is 1. The van der Waals surface area contributed by atoms with Crippen LogP contribution in [0.4, 0.5) is 5.82 Å². The number of piperidine rings is 1. The molecule has 7 nitrogen and oxygen atoms in total. The van der Waals surface area contributed by atoms with E-state index in [9.17, 15) is 4.79 Å². The molecule has 1 aliphatic carbocycles. The molecule has 2 aliphatic rings. The predicted octanol–water partition coefficient (Wildman–Crippen LogP) is 1.27. The number of ether oxygens (including phenoxy) is 1. The SMILES string of the molecule is COC(=O)c1ncn(Cc2ccc(N3CC4CC4C3)nc2C)n1. The van der Waals surface area contributed by atoms with Crippen LogP contribution in [0.5, 0.6) is 0 Å². The van der Waals surface area contributed by atoms with Crippen molar-refractivity contribution in [1.82, 2.24) is 19.7 Å². The Kier molecular flexibility index (Phi) is 3.28. The molecule has 0 bridgehead atoms. The van der Waals surface area contributed by atoms with Gasteiger partial charge in [-0.05, 0) is 36.8 Å². The summed E-state index contributed by atoms with van der Waals surface area (Å²) in [5.74, 6) is 2.40. The van der Waals surface area contributed by atoms with E-state index < -0.39 is 5.97 Å². The molecule has 1 saturated heterocycles. The van der Waals surface area contributed by atoms with Crippen LogP contribution in [-0.4, -0.2) is 45.9 Å². The van der Waals surface area contributed by atoms with Crippen molar-refractivity contribution in [2.45, 2.75) is 19.9 Å². The van der Waals surface area contributed by atoms with Crippen LogP contribution in [-0.2, 0) is 11.3 Å². The lowest BCUT2D eigenvalue weighted by atomic mass is 10.2. The molecule has 3 heterocycles. The quantitative estimate of drug-likeness (QED) is 0.792. The minimum atomic E-state index is -0.526. The molecule has 1 aliphatic heterocycles. The third-order valence-electron chi connectivity index (χ3n) is 4.72. The Labute approximate surface area is 134 Å². The summed E-state index contributed by atoms with van der Waals surface area (Å²) < 4.78 is 6.24. The lowest BCUT2D eigenvalue weighted by molar-refractivity contribution is 0.0586. The standard InChI is InChI=1S/C16H19N5O2/c1-10-11(8-21-9-17-15(19-21)16(22)23-2)3-4-14(18-10)20-6-12-5-13(12)7-20/h3-4,9,12-13H,5-8H2,1-2H3. The average Bonchev–Trinajstić information content (AvgIpc) is 2.98. The minimum absolute atomic E-state index is 0.0750. The maximum atomic E-state index is 11.4. The zero-order valence-electron chi connectivity index (χ0n) is 13.3. The molecule has 0 aromatic carbocycles. The summed E-state index contributed by atoms with van der Waals surface area (Å²) in [5.41, 5.74) is 2.05. The van der Waals surface area contributed by atoms with Gasteiger partial charge in [0.2, 0.25) is 0 Å². The number of carbonyl (C=O) groups excluding carboxylic acids is 1. The third kappa shape index (κ3) is 2.67. The molecule has 0 amide bonds. The number of anilines is 1. The molecule has 2 atom stereocenters. The summed E-state index contributed by atoms with van der Waals surface area (Å²) in [6.45, 7) is 4.83. The van der Waals surface area contributed by atoms with Crippen molar-refractivity contribution in [2.24, 2.45) is 11.8 Å². The summed E-state index contributed by atoms with van der Waals surface area (Å²) in [5, 5.41) is 4.13. The highest BCUT2D eigenvalue weighted by Crippen LogP contribution is 2.45. The van der Waals surface area contributed by atoms with Gasteiger partial charge in [-0.2, -0.15) is 0 Å². The van der Waals surface area contributed by atoms with Gasteiger partial charge in [-0.25, -0.2) is 19.4 Å². The van der Waals surface area contributed by atoms with Crippen molar-refractivity contribution >= 4 is 11.8 Å². The molecule has 23 heavy (non-hydrogen) atoms. The van der Waals surface area contributed by atoms with Crippen molar-refractivity contribution < 1.29 is 9.53 Å². The molecule has 4 rings (SSSR count). The number of rotatable bonds is 4. The number of esters is 1. The van der Waals surface area contributed by atoms with Gasteiger partial charge in [0.1, 0.15) is 12.1 Å². The lowest BCUT2D eigenvalue weighted by Crippen LogP contribution is -2.23. The zero-order chi connectivity index (χ0) is 16.0. The van der Waals surface area contributed by atoms with Crippen LogP contribution >= 0.6 is 0 Å². The number of aryl methyl sites for hydroxylation is 1. The van der Waals surface area contributed by atoms with E-state index in [0.29, 0.717) is 6.54 Å². The Morgan fingerprint density at radius 2 is 2.13 bits per heavy atom. The summed E-state index contributed by atoms with van der Waals surface area (Å²) in [7, 11) is 1.32. The van der Waals surface area contributed by atoms with Gasteiger partial charge in [0.05, 0.1) is 13.7 Å². The molecule has 0 radical (unpaired) electrons. The van der Waals surface area contributed by atoms with Crippen LogP contribution in [0.2, 0.25) is 0 Å². The highest BCUT2D eigenvalue weighted by atomic mass is 16.5. The molecule has 2 unspecified atom stereocenters. The van der Waals surface area contributed by atoms with Crippen molar-refractivity contribution in [3.63, 3.8) is 0 Å². The van der Waals surface area contributed by atoms with Gasteiger partial charge in [0.15, 0.2) is 0 Å². The lowest BCUT2D eigenvalue weighted by Gasteiger charge is -2.20. The fourth-order valence-electron chi connectivity index (χ4n) is 3.24. The highest BCUT2D eigenvalue weighted by molar-refractivity contribution is 5.84. The van der Waals surface area contributed by atoms with Crippen LogP contribution in [0.15, 0.2) is 18.5 Å². The second-order valence-corrected chi connectivity index (χ2v) is 6.33. The predicted molar refractivity (Wildman–Crippen MR) is 83.2 cm³/mol. The van der Waals surface area contributed by atoms with E-state index in [1.165, 1.54) is 19.9 Å². The smallest absolute Gasteiger partial charge is 0.377 e. The van der Waals surface area contributed by atoms with E-state index in [1.54, 1.807) is 4.68 Å². The Balaban J connectivity index is 1.48. The molecule has 2 fully saturated rings. The van der Waals surface area contributed by atoms with Gasteiger partial charge in [0.25, 0.3) is 5.82 Å². The van der Waals surface area contributed by atoms with Gasteiger partial charge < -0.3 is 9.64 Å². The Bertz CT molecular complexity index is 747. The summed E-state index contributed by atoms with van der Waals surface area (Å²) >= 11 is 0. The Morgan fingerprint density at radius 1 is 1.35 bits per heavy atom. The van der Waals surface area contributed by atoms with E-state index >= 15 is 0 Å². The Hall–Kier alpha value is -2.44. The van der Waals surface area contributed by atoms with Crippen molar-refractivity contribution in [1.29, 1.82) is 0 Å². The fraction of sp³-hybridized carbons (Fsp3) is 0.500. The maximum Gasteiger partial charge on any atom is 0.377 e. The number of methoxy groups -OCH3 is 1. The molecular formula is C16H19N5O2. The minimum Gasteiger partial charge on any atom is -0.463 e. The molecule has 0 spiro atoms. The average molecular weight is 313 g/mol. The third-order valence-corrected chi connectivity index (χ3v) is 4.72. The zero-order valence-corrected chi connectivity index (χ0v) is 13.3. The van der Waals surface area contributed by atoms with Crippen molar-refractivity contribution in [3.05, 3.63) is 35.5 Å². The van der Waals surface area contributed by atoms with E-state index in [2.05, 4.69) is 31.9 Å². The van der Waals surface area contributed by atoms with Crippen molar-refractivity contribution in [3.8, 4) is 0 Å². The summed E-state index contributed by atoms with van der Waals surface area (Å²) in [6.07, 6.45) is 2.93. The number of aromatic nitrogens is 4. The molecule has 7 heteroatoms. The van der Waals surface area contributed by atoms with Crippen LogP contribution in [0.3, 0.4) is 0 Å². The van der Waals surface area contributed by atoms with E-state index in [0.717, 1.165) is 42.0 Å². The number of hydrogen-bond donors (Lipinski definition) is 0.